The number of anilines is 2. The smallest absolute Gasteiger partial charge is 0.318 e. The third-order valence-electron chi connectivity index (χ3n) is 9.32. The van der Waals surface area contributed by atoms with Crippen LogP contribution in [0.4, 0.5) is 20.3 Å². The quantitative estimate of drug-likeness (QED) is 0.406. The van der Waals surface area contributed by atoms with Gasteiger partial charge in [-0.3, -0.25) is 9.69 Å². The SMILES string of the molecule is CCc1c(F)ccc2cc(O)cc(N3Cc4nc(OC[C@@]56CCCN5C[C@H](F)C6)nc(N(CC)C5CC5)c4C3=O)c12. The van der Waals surface area contributed by atoms with Crippen LogP contribution in [0, 0.1) is 5.82 Å². The Hall–Kier alpha value is -3.53. The molecule has 1 saturated carbocycles. The van der Waals surface area contributed by atoms with Crippen molar-refractivity contribution in [2.45, 2.75) is 76.7 Å². The van der Waals surface area contributed by atoms with Crippen molar-refractivity contribution < 1.29 is 23.4 Å². The highest BCUT2D eigenvalue weighted by Crippen LogP contribution is 2.43. The van der Waals surface area contributed by atoms with Crippen LogP contribution in [-0.4, -0.2) is 69.9 Å². The number of aryl methyl sites for hydroxylation is 1. The molecular weight excluding hydrogens is 528 g/mol. The summed E-state index contributed by atoms with van der Waals surface area (Å²) in [5.74, 6) is -0.0858. The van der Waals surface area contributed by atoms with E-state index < -0.39 is 6.17 Å². The highest BCUT2D eigenvalue weighted by molar-refractivity contribution is 6.16. The summed E-state index contributed by atoms with van der Waals surface area (Å²) in [6.45, 7) is 6.33. The number of rotatable bonds is 8. The molecule has 1 amide bonds. The number of ether oxygens (including phenoxy) is 1. The fourth-order valence-corrected chi connectivity index (χ4v) is 7.28. The second-order valence-corrected chi connectivity index (χ2v) is 11.9. The second-order valence-electron chi connectivity index (χ2n) is 11.9. The number of hydrogen-bond donors (Lipinski definition) is 1. The molecule has 1 aliphatic carbocycles. The molecule has 0 bridgehead atoms. The van der Waals surface area contributed by atoms with E-state index in [1.54, 1.807) is 17.0 Å². The van der Waals surface area contributed by atoms with Crippen LogP contribution in [0.2, 0.25) is 0 Å². The maximum Gasteiger partial charge on any atom is 0.318 e. The molecule has 3 fully saturated rings. The minimum Gasteiger partial charge on any atom is -0.508 e. The molecule has 10 heteroatoms. The third kappa shape index (κ3) is 4.29. The van der Waals surface area contributed by atoms with Gasteiger partial charge in [-0.2, -0.15) is 9.97 Å². The fraction of sp³-hybridized carbons (Fsp3) is 0.516. The summed E-state index contributed by atoms with van der Waals surface area (Å²) in [6.07, 6.45) is 3.95. The lowest BCUT2D eigenvalue weighted by atomic mass is 9.95. The molecule has 0 spiro atoms. The molecule has 1 aromatic heterocycles. The summed E-state index contributed by atoms with van der Waals surface area (Å²) in [5.41, 5.74) is 1.56. The summed E-state index contributed by atoms with van der Waals surface area (Å²) in [5, 5.41) is 11.8. The summed E-state index contributed by atoms with van der Waals surface area (Å²) >= 11 is 0. The lowest BCUT2D eigenvalue weighted by molar-refractivity contribution is 0.0996. The summed E-state index contributed by atoms with van der Waals surface area (Å²) in [6, 6.07) is 6.62. The Labute approximate surface area is 237 Å². The molecule has 7 rings (SSSR count). The molecule has 3 aromatic rings. The normalized spacial score (nSPS) is 23.9. The monoisotopic (exact) mass is 563 g/mol. The van der Waals surface area contributed by atoms with Crippen molar-refractivity contribution in [1.29, 1.82) is 0 Å². The molecule has 4 heterocycles. The number of aromatic hydroxyl groups is 1. The Bertz CT molecular complexity index is 1550. The molecule has 41 heavy (non-hydrogen) atoms. The number of halogens is 2. The van der Waals surface area contributed by atoms with Crippen LogP contribution in [0.1, 0.15) is 67.6 Å². The number of benzene rings is 2. The van der Waals surface area contributed by atoms with Gasteiger partial charge in [-0.15, -0.1) is 0 Å². The van der Waals surface area contributed by atoms with E-state index in [0.717, 1.165) is 32.2 Å². The first-order valence-corrected chi connectivity index (χ1v) is 14.8. The maximum absolute atomic E-state index is 14.9. The summed E-state index contributed by atoms with van der Waals surface area (Å²) in [4.78, 5) is 29.6. The predicted octanol–water partition coefficient (Wildman–Crippen LogP) is 5.14. The lowest BCUT2D eigenvalue weighted by Gasteiger charge is -2.31. The number of aromatic nitrogens is 2. The van der Waals surface area contributed by atoms with E-state index in [9.17, 15) is 18.7 Å². The molecule has 2 atom stereocenters. The van der Waals surface area contributed by atoms with E-state index in [4.69, 9.17) is 14.7 Å². The fourth-order valence-electron chi connectivity index (χ4n) is 7.28. The van der Waals surface area contributed by atoms with Gasteiger partial charge in [0.1, 0.15) is 35.7 Å². The number of fused-ring (bicyclic) bond motifs is 3. The molecule has 0 radical (unpaired) electrons. The predicted molar refractivity (Wildman–Crippen MR) is 152 cm³/mol. The Balaban J connectivity index is 1.29. The van der Waals surface area contributed by atoms with Gasteiger partial charge in [-0.25, -0.2) is 8.78 Å². The van der Waals surface area contributed by atoms with Crippen molar-refractivity contribution in [3.05, 3.63) is 46.9 Å². The van der Waals surface area contributed by atoms with Gasteiger partial charge < -0.3 is 19.6 Å². The van der Waals surface area contributed by atoms with E-state index in [-0.39, 0.29) is 35.6 Å². The molecule has 1 N–H and O–H groups in total. The van der Waals surface area contributed by atoms with Crippen molar-refractivity contribution in [2.24, 2.45) is 0 Å². The van der Waals surface area contributed by atoms with Crippen molar-refractivity contribution in [3.8, 4) is 11.8 Å². The Morgan fingerprint density at radius 2 is 2.05 bits per heavy atom. The summed E-state index contributed by atoms with van der Waals surface area (Å²) in [7, 11) is 0. The molecule has 8 nitrogen and oxygen atoms in total. The van der Waals surface area contributed by atoms with E-state index in [0.29, 0.717) is 77.7 Å². The number of phenols is 1. The van der Waals surface area contributed by atoms with E-state index in [2.05, 4.69) is 9.80 Å². The number of carbonyl (C=O) groups excluding carboxylic acids is 1. The van der Waals surface area contributed by atoms with Crippen LogP contribution < -0.4 is 14.5 Å². The highest BCUT2D eigenvalue weighted by Gasteiger charge is 2.49. The molecule has 0 unspecified atom stereocenters. The standard InChI is InChI=1S/C31H35F2N5O3/c1-3-22-23(33)9-6-18-12-21(39)13-25(26(18)22)38-16-24-27(29(38)40)28(37(4-2)20-7-8-20)35-30(34-24)41-17-31-10-5-11-36(31)15-19(32)14-31/h6,9,12-13,19-20,39H,3-5,7-8,10-11,14-17H2,1-2H3/t19-,31+/m1/s1. The first-order chi connectivity index (χ1) is 19.8. The van der Waals surface area contributed by atoms with Crippen molar-refractivity contribution in [1.82, 2.24) is 14.9 Å². The average Bonchev–Trinajstić information content (AvgIpc) is 3.52. The zero-order valence-corrected chi connectivity index (χ0v) is 23.5. The minimum absolute atomic E-state index is 0.00322. The third-order valence-corrected chi connectivity index (χ3v) is 9.32. The average molecular weight is 564 g/mol. The van der Waals surface area contributed by atoms with Crippen LogP contribution in [-0.2, 0) is 13.0 Å². The molecule has 4 aliphatic rings. The Kier molecular flexibility index (Phi) is 6.30. The number of hydrogen-bond acceptors (Lipinski definition) is 7. The molecule has 2 saturated heterocycles. The number of alkyl halides is 1. The maximum atomic E-state index is 14.9. The van der Waals surface area contributed by atoms with Crippen molar-refractivity contribution >= 4 is 28.2 Å². The van der Waals surface area contributed by atoms with Crippen molar-refractivity contribution in [3.63, 3.8) is 0 Å². The van der Waals surface area contributed by atoms with Gasteiger partial charge in [0, 0.05) is 37.0 Å². The topological polar surface area (TPSA) is 82.0 Å². The highest BCUT2D eigenvalue weighted by atomic mass is 19.1. The van der Waals surface area contributed by atoms with Gasteiger partial charge in [0.15, 0.2) is 0 Å². The molecule has 216 valence electrons. The zero-order valence-electron chi connectivity index (χ0n) is 23.5. The van der Waals surface area contributed by atoms with Crippen LogP contribution in [0.25, 0.3) is 10.8 Å². The Morgan fingerprint density at radius 3 is 2.80 bits per heavy atom. The second kappa shape index (κ2) is 9.79. The molecule has 3 aliphatic heterocycles. The van der Waals surface area contributed by atoms with Crippen LogP contribution >= 0.6 is 0 Å². The van der Waals surface area contributed by atoms with E-state index in [1.807, 2.05) is 13.8 Å². The first-order valence-electron chi connectivity index (χ1n) is 14.8. The number of phenolic OH excluding ortho intramolecular Hbond substituents is 1. The van der Waals surface area contributed by atoms with Gasteiger partial charge in [-0.05, 0) is 68.7 Å². The Morgan fingerprint density at radius 1 is 1.22 bits per heavy atom. The number of carbonyl (C=O) groups is 1. The van der Waals surface area contributed by atoms with Crippen LogP contribution in [0.15, 0.2) is 24.3 Å². The molecule has 2 aromatic carbocycles. The van der Waals surface area contributed by atoms with Gasteiger partial charge in [-0.1, -0.05) is 13.0 Å². The summed E-state index contributed by atoms with van der Waals surface area (Å²) < 4.78 is 35.5. The largest absolute Gasteiger partial charge is 0.508 e. The number of amides is 1. The van der Waals surface area contributed by atoms with Crippen LogP contribution in [0.3, 0.4) is 0 Å². The lowest BCUT2D eigenvalue weighted by Crippen LogP contribution is -2.43. The first kappa shape index (κ1) is 26.4. The van der Waals surface area contributed by atoms with Gasteiger partial charge in [0.25, 0.3) is 5.91 Å². The van der Waals surface area contributed by atoms with Crippen LogP contribution in [0.5, 0.6) is 11.8 Å². The molecular formula is C31H35F2N5O3. The van der Waals surface area contributed by atoms with Gasteiger partial charge >= 0.3 is 6.01 Å². The van der Waals surface area contributed by atoms with Gasteiger partial charge in [0.2, 0.25) is 0 Å². The van der Waals surface area contributed by atoms with E-state index in [1.165, 1.54) is 12.1 Å². The minimum atomic E-state index is -0.859. The van der Waals surface area contributed by atoms with Crippen molar-refractivity contribution in [2.75, 3.05) is 36.0 Å². The number of nitrogens with zero attached hydrogens (tertiary/aromatic N) is 5. The van der Waals surface area contributed by atoms with Gasteiger partial charge in [0.05, 0.1) is 23.5 Å². The zero-order chi connectivity index (χ0) is 28.5. The van der Waals surface area contributed by atoms with E-state index >= 15 is 0 Å².